The van der Waals surface area contributed by atoms with Crippen LogP contribution >= 0.6 is 11.8 Å². The molecule has 2 atom stereocenters. The van der Waals surface area contributed by atoms with Crippen LogP contribution < -0.4 is 19.5 Å². The second-order valence-electron chi connectivity index (χ2n) is 9.24. The molecule has 37 heavy (non-hydrogen) atoms. The van der Waals surface area contributed by atoms with E-state index in [1.807, 2.05) is 49.4 Å². The van der Waals surface area contributed by atoms with Gasteiger partial charge in [-0.05, 0) is 60.4 Å². The highest BCUT2D eigenvalue weighted by molar-refractivity contribution is 7.99. The van der Waals surface area contributed by atoms with Crippen LogP contribution in [0.25, 0.3) is 0 Å². The minimum absolute atomic E-state index is 0.0246. The molecule has 2 heterocycles. The summed E-state index contributed by atoms with van der Waals surface area (Å²) >= 11 is 1.72. The van der Waals surface area contributed by atoms with Crippen molar-refractivity contribution in [2.24, 2.45) is 0 Å². The molecule has 1 aliphatic carbocycles. The molecule has 7 nitrogen and oxygen atoms in total. The maximum absolute atomic E-state index is 13.8. The van der Waals surface area contributed by atoms with Gasteiger partial charge in [0, 0.05) is 35.1 Å². The second-order valence-corrected chi connectivity index (χ2v) is 10.6. The fourth-order valence-electron chi connectivity index (χ4n) is 5.26. The average Bonchev–Trinajstić information content (AvgIpc) is 3.38. The molecule has 2 aliphatic heterocycles. The molecule has 0 radical (unpaired) electrons. The van der Waals surface area contributed by atoms with Crippen molar-refractivity contribution in [3.8, 4) is 17.2 Å². The number of rotatable bonds is 8. The summed E-state index contributed by atoms with van der Waals surface area (Å²) in [7, 11) is 1.64. The Kier molecular flexibility index (Phi) is 7.46. The van der Waals surface area contributed by atoms with Gasteiger partial charge in [0.05, 0.1) is 12.7 Å². The van der Waals surface area contributed by atoms with Crippen molar-refractivity contribution in [2.45, 2.75) is 38.5 Å². The fraction of sp³-hybridized carbons (Fsp3) is 0.379. The molecule has 8 heteroatoms. The summed E-state index contributed by atoms with van der Waals surface area (Å²) in [4.78, 5) is 27.2. The van der Waals surface area contributed by atoms with Crippen LogP contribution in [0.1, 0.15) is 49.7 Å². The number of thioether (sulfide) groups is 1. The lowest BCUT2D eigenvalue weighted by Gasteiger charge is -2.36. The maximum Gasteiger partial charge on any atom is 0.336 e. The smallest absolute Gasteiger partial charge is 0.336 e. The molecule has 5 rings (SSSR count). The van der Waals surface area contributed by atoms with E-state index in [1.165, 1.54) is 0 Å². The van der Waals surface area contributed by atoms with Crippen molar-refractivity contribution >= 4 is 23.5 Å². The van der Waals surface area contributed by atoms with E-state index in [0.717, 1.165) is 34.1 Å². The number of ketones is 1. The van der Waals surface area contributed by atoms with Gasteiger partial charge in [-0.25, -0.2) is 4.79 Å². The van der Waals surface area contributed by atoms with Gasteiger partial charge < -0.3 is 24.3 Å². The lowest BCUT2D eigenvalue weighted by atomic mass is 9.71. The summed E-state index contributed by atoms with van der Waals surface area (Å²) in [6, 6.07) is 13.5. The highest BCUT2D eigenvalue weighted by Crippen LogP contribution is 2.47. The molecule has 194 valence electrons. The zero-order chi connectivity index (χ0) is 25.9. The first-order chi connectivity index (χ1) is 18.0. The van der Waals surface area contributed by atoms with E-state index in [9.17, 15) is 9.59 Å². The first kappa shape index (κ1) is 25.3. The number of carbonyl (C=O) groups is 2. The molecule has 0 aromatic heterocycles. The molecule has 0 bridgehead atoms. The lowest BCUT2D eigenvalue weighted by Crippen LogP contribution is -2.36. The van der Waals surface area contributed by atoms with Crippen LogP contribution in [0.3, 0.4) is 0 Å². The molecule has 0 saturated carbocycles. The van der Waals surface area contributed by atoms with E-state index in [0.29, 0.717) is 47.8 Å². The highest BCUT2D eigenvalue weighted by atomic mass is 32.2. The van der Waals surface area contributed by atoms with Crippen LogP contribution in [-0.2, 0) is 14.3 Å². The second kappa shape index (κ2) is 10.9. The molecule has 2 aromatic carbocycles. The third-order valence-corrected chi connectivity index (χ3v) is 7.89. The largest absolute Gasteiger partial charge is 0.497 e. The van der Waals surface area contributed by atoms with Gasteiger partial charge in [0.1, 0.15) is 12.4 Å². The third-order valence-electron chi connectivity index (χ3n) is 7.03. The minimum Gasteiger partial charge on any atom is -0.497 e. The van der Waals surface area contributed by atoms with E-state index in [1.54, 1.807) is 18.9 Å². The van der Waals surface area contributed by atoms with Crippen molar-refractivity contribution in [3.63, 3.8) is 0 Å². The van der Waals surface area contributed by atoms with Gasteiger partial charge in [0.2, 0.25) is 6.79 Å². The van der Waals surface area contributed by atoms with Gasteiger partial charge in [-0.15, -0.1) is 0 Å². The summed E-state index contributed by atoms with van der Waals surface area (Å²) in [6.45, 7) is 4.42. The zero-order valence-corrected chi connectivity index (χ0v) is 22.1. The quantitative estimate of drug-likeness (QED) is 0.380. The minimum atomic E-state index is -0.540. The van der Waals surface area contributed by atoms with Crippen LogP contribution in [0.5, 0.6) is 17.2 Å². The fourth-order valence-corrected chi connectivity index (χ4v) is 5.75. The number of hydrogen-bond acceptors (Lipinski definition) is 8. The van der Waals surface area contributed by atoms with Crippen LogP contribution in [0.2, 0.25) is 0 Å². The third kappa shape index (κ3) is 5.07. The number of ether oxygens (including phenoxy) is 4. The number of methoxy groups -OCH3 is 1. The van der Waals surface area contributed by atoms with E-state index in [2.05, 4.69) is 12.2 Å². The van der Waals surface area contributed by atoms with Crippen molar-refractivity contribution < 1.29 is 28.5 Å². The van der Waals surface area contributed by atoms with Crippen molar-refractivity contribution in [3.05, 3.63) is 76.1 Å². The average molecular weight is 522 g/mol. The van der Waals surface area contributed by atoms with Crippen LogP contribution in [0, 0.1) is 0 Å². The topological polar surface area (TPSA) is 83.1 Å². The number of dihydropyridines is 1. The predicted molar refractivity (Wildman–Crippen MR) is 142 cm³/mol. The number of benzene rings is 2. The van der Waals surface area contributed by atoms with Crippen molar-refractivity contribution in [1.82, 2.24) is 5.32 Å². The van der Waals surface area contributed by atoms with E-state index in [4.69, 9.17) is 18.9 Å². The number of allylic oxidation sites excluding steroid dienone is 3. The molecule has 0 saturated heterocycles. The Hall–Kier alpha value is -3.39. The van der Waals surface area contributed by atoms with Gasteiger partial charge in [0.15, 0.2) is 17.3 Å². The monoisotopic (exact) mass is 521 g/mol. The van der Waals surface area contributed by atoms with E-state index in [-0.39, 0.29) is 18.5 Å². The maximum atomic E-state index is 13.8. The van der Waals surface area contributed by atoms with Gasteiger partial charge in [-0.3, -0.25) is 4.79 Å². The summed E-state index contributed by atoms with van der Waals surface area (Å²) in [5.41, 5.74) is 4.55. The molecular formula is C29H31NO6S. The predicted octanol–water partition coefficient (Wildman–Crippen LogP) is 5.08. The Morgan fingerprint density at radius 2 is 1.84 bits per heavy atom. The number of esters is 1. The Bertz CT molecular complexity index is 1270. The number of Topliss-reactive ketones (excluding diaryl/α,β-unsaturated/α-hetero) is 1. The van der Waals surface area contributed by atoms with E-state index < -0.39 is 11.9 Å². The summed E-state index contributed by atoms with van der Waals surface area (Å²) < 4.78 is 22.1. The molecule has 0 amide bonds. The van der Waals surface area contributed by atoms with Gasteiger partial charge in [0.25, 0.3) is 0 Å². The highest BCUT2D eigenvalue weighted by Gasteiger charge is 2.41. The molecule has 0 unspecified atom stereocenters. The van der Waals surface area contributed by atoms with Crippen molar-refractivity contribution in [1.29, 1.82) is 0 Å². The molecular weight excluding hydrogens is 490 g/mol. The number of nitrogens with one attached hydrogen (secondary N) is 1. The Balaban J connectivity index is 1.51. The first-order valence-corrected chi connectivity index (χ1v) is 13.7. The molecule has 1 N–H and O–H groups in total. The standard InChI is InChI=1S/C29H31NO6S/c1-4-37-12-11-34-29(32)26-17(2)30-22-13-20(18-5-8-21(33-3)9-6-18)14-23(31)28(22)27(26)19-7-10-24-25(15-19)36-16-35-24/h5-10,15,20,27,30H,4,11-14,16H2,1-3H3/t20-,27+/m0/s1. The Morgan fingerprint density at radius 1 is 1.08 bits per heavy atom. The summed E-state index contributed by atoms with van der Waals surface area (Å²) in [5, 5.41) is 3.41. The molecule has 0 spiro atoms. The molecule has 3 aliphatic rings. The lowest BCUT2D eigenvalue weighted by molar-refractivity contribution is -0.138. The van der Waals surface area contributed by atoms with Crippen LogP contribution in [-0.4, -0.2) is 43.8 Å². The first-order valence-electron chi connectivity index (χ1n) is 12.5. The molecule has 2 aromatic rings. The number of fused-ring (bicyclic) bond motifs is 1. The van der Waals surface area contributed by atoms with Crippen molar-refractivity contribution in [2.75, 3.05) is 32.0 Å². The Labute approximate surface area is 221 Å². The van der Waals surface area contributed by atoms with Gasteiger partial charge in [-0.1, -0.05) is 25.1 Å². The Morgan fingerprint density at radius 3 is 2.59 bits per heavy atom. The SMILES string of the molecule is CCSCCOC(=O)C1=C(C)NC2=C(C(=O)C[C@@H](c3ccc(OC)cc3)C2)[C@@H]1c1ccc2c(c1)OCO2. The van der Waals surface area contributed by atoms with Crippen LogP contribution in [0.15, 0.2) is 65.0 Å². The zero-order valence-electron chi connectivity index (χ0n) is 21.3. The summed E-state index contributed by atoms with van der Waals surface area (Å²) in [5.74, 6) is 2.86. The number of carbonyl (C=O) groups excluding carboxylic acids is 2. The summed E-state index contributed by atoms with van der Waals surface area (Å²) in [6.07, 6.45) is 1.03. The van der Waals surface area contributed by atoms with Gasteiger partial charge in [-0.2, -0.15) is 11.8 Å². The van der Waals surface area contributed by atoms with Gasteiger partial charge >= 0.3 is 5.97 Å². The van der Waals surface area contributed by atoms with Crippen LogP contribution in [0.4, 0.5) is 0 Å². The number of hydrogen-bond donors (Lipinski definition) is 1. The van der Waals surface area contributed by atoms with E-state index >= 15 is 0 Å². The normalized spacial score (nSPS) is 20.5. The molecule has 0 fully saturated rings.